The first kappa shape index (κ1) is 83.2. The van der Waals surface area contributed by atoms with Gasteiger partial charge in [-0.3, -0.25) is 43.7 Å². The summed E-state index contributed by atoms with van der Waals surface area (Å²) in [6, 6.07) is 27.3. The van der Waals surface area contributed by atoms with E-state index in [1.54, 1.807) is 80.7 Å². The Balaban J connectivity index is 0.665. The number of hydrogen-bond donors (Lipinski definition) is 11. The zero-order valence-corrected chi connectivity index (χ0v) is 66.4. The third-order valence-electron chi connectivity index (χ3n) is 23.0. The van der Waals surface area contributed by atoms with Gasteiger partial charge in [-0.25, -0.2) is 24.4 Å². The molecule has 14 rings (SSSR count). The lowest BCUT2D eigenvalue weighted by Crippen LogP contribution is -2.64. The molecule has 9 atom stereocenters. The minimum absolute atomic E-state index is 0.0388. The number of carboxylic acids is 1. The number of pyridine rings is 1. The molecule has 0 radical (unpaired) electrons. The average Bonchev–Trinajstić information content (AvgIpc) is 1.08. The molecule has 31 nitrogen and oxygen atoms in total. The lowest BCUT2D eigenvalue weighted by molar-refractivity contribution is -0.277. The average molecular weight is 1610 g/mol. The Bertz CT molecular complexity index is 4790. The first-order chi connectivity index (χ1) is 55.5. The fourth-order valence-electron chi connectivity index (χ4n) is 18.6. The number of thiazole rings is 1. The van der Waals surface area contributed by atoms with Crippen LogP contribution in [0.3, 0.4) is 0 Å². The molecule has 5 fully saturated rings. The van der Waals surface area contributed by atoms with Crippen LogP contribution in [0.25, 0.3) is 21.3 Å². The molecular weight excluding hydrogens is 1510 g/mol. The van der Waals surface area contributed by atoms with Gasteiger partial charge in [0.2, 0.25) is 24.0 Å². The van der Waals surface area contributed by atoms with Gasteiger partial charge in [-0.2, -0.15) is 5.10 Å². The van der Waals surface area contributed by atoms with Crippen molar-refractivity contribution < 1.29 is 87.6 Å². The van der Waals surface area contributed by atoms with Crippen LogP contribution in [0.2, 0.25) is 0 Å². The van der Waals surface area contributed by atoms with E-state index in [1.807, 2.05) is 59.0 Å². The van der Waals surface area contributed by atoms with E-state index in [9.17, 15) is 68.7 Å². The van der Waals surface area contributed by atoms with Crippen LogP contribution in [-0.4, -0.2) is 196 Å². The number of nitrogens with zero attached hydrogens (tertiary/aromatic N) is 7. The van der Waals surface area contributed by atoms with E-state index >= 15 is 0 Å². The molecule has 4 saturated carbocycles. The Hall–Kier alpha value is -10.7. The number of unbranched alkanes of at least 4 members (excludes halogenated alkanes) is 2. The normalized spacial score (nSPS) is 23.7. The standard InChI is InChI=1S/C84H101N13O18S/c1-49(2)68(92-65(99)18-7-6-10-33-96-66(100)29-30-67(96)101)75(107)89-61(16-12-32-86-78(85)110)74(106)88-54-23-19-52(20-24-54)41-112-80(111)95(38-51-21-25-55(26-22-51)114-77-72(104)71(103)70(102)62(40-98)115-77)35-36-113-84-45-81(4)42-82(5,46-84)44-83(43-81,47-84)48-97-50(3)58(37-87-97)56-27-28-64(91-69(56)76(108)109)94-34-31-53-13-11-14-57(59(53)39-94)73(105)93-79-90-60-15-8-9-17-63(60)116-79/h8-9,11,13-15,17,19-30,37,49,61-62,68,70-72,77,98,102-104H,6-7,10,12,16,18,31-36,38-48H2,1-5H3,(H,88,106)(H,89,107)(H,92,99)(H,108,109)(H3,85,86,110)(H,90,93,105)/t61-,62+,68-,70+,71+,72+,77-,81?,82?,83?,84?/m0/s1. The van der Waals surface area contributed by atoms with Gasteiger partial charge in [0.1, 0.15) is 54.7 Å². The molecule has 1 saturated heterocycles. The number of nitrogens with one attached hydrogen (secondary N) is 5. The summed E-state index contributed by atoms with van der Waals surface area (Å²) in [5.74, 6) is -3.52. The molecule has 2 unspecified atom stereocenters. The number of amides is 9. The number of aromatic carboxylic acids is 1. The highest BCUT2D eigenvalue weighted by atomic mass is 32.1. The van der Waals surface area contributed by atoms with Crippen molar-refractivity contribution in [3.8, 4) is 16.9 Å². The minimum atomic E-state index is -1.66. The molecule has 616 valence electrons. The number of aliphatic hydroxyl groups excluding tert-OH is 4. The number of imide groups is 1. The minimum Gasteiger partial charge on any atom is -0.476 e. The molecule has 4 aliphatic carbocycles. The van der Waals surface area contributed by atoms with Crippen molar-refractivity contribution in [2.75, 3.05) is 54.9 Å². The van der Waals surface area contributed by atoms with Crippen LogP contribution >= 0.6 is 11.3 Å². The van der Waals surface area contributed by atoms with Gasteiger partial charge in [-0.15, -0.1) is 0 Å². The fourth-order valence-corrected chi connectivity index (χ4v) is 19.4. The fraction of sp³-hybridized carbons (Fsp3) is 0.476. The molecule has 0 spiro atoms. The number of anilines is 3. The van der Waals surface area contributed by atoms with Gasteiger partial charge in [0.05, 0.1) is 35.2 Å². The molecule has 4 bridgehead atoms. The largest absolute Gasteiger partial charge is 0.476 e. The van der Waals surface area contributed by atoms with Gasteiger partial charge in [-0.1, -0.05) is 94.0 Å². The number of benzene rings is 4. The van der Waals surface area contributed by atoms with Gasteiger partial charge >= 0.3 is 18.1 Å². The number of para-hydroxylation sites is 1. The van der Waals surface area contributed by atoms with Crippen molar-refractivity contribution in [1.82, 2.24) is 45.5 Å². The molecule has 6 heterocycles. The van der Waals surface area contributed by atoms with Crippen LogP contribution in [0.4, 0.5) is 26.2 Å². The number of nitrogens with two attached hydrogens (primary N) is 1. The third kappa shape index (κ3) is 19.3. The summed E-state index contributed by atoms with van der Waals surface area (Å²) >= 11 is 1.40. The van der Waals surface area contributed by atoms with Gasteiger partial charge in [0, 0.05) is 92.5 Å². The van der Waals surface area contributed by atoms with Crippen LogP contribution in [0.15, 0.2) is 121 Å². The number of urea groups is 1. The van der Waals surface area contributed by atoms with E-state index < -0.39 is 90.8 Å². The predicted octanol–water partition coefficient (Wildman–Crippen LogP) is 8.03. The lowest BCUT2D eigenvalue weighted by atomic mass is 9.39. The zero-order valence-electron chi connectivity index (χ0n) is 65.6. The molecule has 4 aromatic carbocycles. The summed E-state index contributed by atoms with van der Waals surface area (Å²) in [4.78, 5) is 132. The van der Waals surface area contributed by atoms with E-state index in [1.165, 1.54) is 28.4 Å². The molecular formula is C84H101N13O18S. The number of ether oxygens (including phenoxy) is 4. The number of carbonyl (C=O) groups excluding carboxylic acids is 8. The number of fused-ring (bicyclic) bond motifs is 2. The molecule has 7 aromatic rings. The molecule has 7 aliphatic rings. The van der Waals surface area contributed by atoms with Gasteiger partial charge < -0.3 is 81.3 Å². The molecule has 32 heteroatoms. The summed E-state index contributed by atoms with van der Waals surface area (Å²) < 4.78 is 27.7. The number of primary amides is 1. The highest BCUT2D eigenvalue weighted by molar-refractivity contribution is 7.22. The monoisotopic (exact) mass is 1610 g/mol. The number of carboxylic acid groups (broad SMARTS) is 1. The van der Waals surface area contributed by atoms with Crippen LogP contribution in [0, 0.1) is 29.1 Å². The maximum Gasteiger partial charge on any atom is 0.410 e. The molecule has 12 N–H and O–H groups in total. The maximum atomic E-state index is 14.6. The highest BCUT2D eigenvalue weighted by Gasteiger charge is 2.66. The summed E-state index contributed by atoms with van der Waals surface area (Å²) in [6.45, 7) is 11.3. The van der Waals surface area contributed by atoms with E-state index in [4.69, 9.17) is 34.8 Å². The summed E-state index contributed by atoms with van der Waals surface area (Å²) in [6.07, 6.45) is 3.57. The number of aliphatic hydroxyl groups is 4. The molecule has 9 amide bonds. The maximum absolute atomic E-state index is 14.6. The Labute approximate surface area is 674 Å². The van der Waals surface area contributed by atoms with Crippen LogP contribution in [-0.2, 0) is 70.8 Å². The molecule has 3 aromatic heterocycles. The van der Waals surface area contributed by atoms with Crippen LogP contribution < -0.4 is 42.0 Å². The Morgan fingerprint density at radius 1 is 0.776 bits per heavy atom. The summed E-state index contributed by atoms with van der Waals surface area (Å²) in [5.41, 5.74) is 10.7. The molecule has 3 aliphatic heterocycles. The third-order valence-corrected chi connectivity index (χ3v) is 24.0. The topological polar surface area (TPSA) is 431 Å². The molecule has 116 heavy (non-hydrogen) atoms. The van der Waals surface area contributed by atoms with Crippen molar-refractivity contribution in [2.24, 2.45) is 27.9 Å². The number of aromatic nitrogens is 4. The van der Waals surface area contributed by atoms with Crippen molar-refractivity contribution in [3.05, 3.63) is 161 Å². The van der Waals surface area contributed by atoms with Crippen molar-refractivity contribution >= 4 is 91.7 Å². The predicted molar refractivity (Wildman–Crippen MR) is 427 cm³/mol. The number of hydrogen-bond acceptors (Lipinski definition) is 22. The Morgan fingerprint density at radius 2 is 1.51 bits per heavy atom. The second-order valence-corrected chi connectivity index (χ2v) is 33.8. The first-order valence-electron chi connectivity index (χ1n) is 39.4. The van der Waals surface area contributed by atoms with Crippen molar-refractivity contribution in [2.45, 2.75) is 193 Å². The Morgan fingerprint density at radius 3 is 2.22 bits per heavy atom. The van der Waals surface area contributed by atoms with Crippen molar-refractivity contribution in [3.63, 3.8) is 0 Å². The first-order valence-corrected chi connectivity index (χ1v) is 40.3. The number of rotatable bonds is 34. The van der Waals surface area contributed by atoms with Crippen LogP contribution in [0.1, 0.15) is 154 Å². The summed E-state index contributed by atoms with van der Waals surface area (Å²) in [7, 11) is 0. The van der Waals surface area contributed by atoms with E-state index in [0.29, 0.717) is 96.2 Å². The van der Waals surface area contributed by atoms with Crippen LogP contribution in [0.5, 0.6) is 5.75 Å². The Kier molecular flexibility index (Phi) is 25.4. The quantitative estimate of drug-likeness (QED) is 0.0134. The summed E-state index contributed by atoms with van der Waals surface area (Å²) in [5, 5.41) is 71.6. The van der Waals surface area contributed by atoms with E-state index in [2.05, 4.69) is 45.4 Å². The van der Waals surface area contributed by atoms with Gasteiger partial charge in [0.25, 0.3) is 17.7 Å². The SMILES string of the molecule is Cc1c(-c2ccc(N3CCc4cccc(C(=O)Nc5nc6ccccc6s5)c4C3)nc2C(=O)O)cnn1CC12CC3(C)CC(C)(C1)CC(OCCN(Cc1ccc(O[C@H]4O[C@H](CO)[C@@H](O)[C@@H](O)[C@H]4O)cc1)C(=O)OCc1ccc(NC(=O)[C@H](CCCNC(N)=O)NC(=O)[C@@H](NC(=O)CCCCCN4C(=O)C=CC4=O)C(C)C)cc1)(C3)C2. The van der Waals surface area contributed by atoms with E-state index in [0.717, 1.165) is 64.0 Å². The highest BCUT2D eigenvalue weighted by Crippen LogP contribution is 2.72. The smallest absolute Gasteiger partial charge is 0.410 e. The van der Waals surface area contributed by atoms with Gasteiger partial charge in [-0.05, 0) is 177 Å². The second kappa shape index (κ2) is 35.4. The van der Waals surface area contributed by atoms with Gasteiger partial charge in [0.15, 0.2) is 10.8 Å². The zero-order chi connectivity index (χ0) is 82.4. The lowest BCUT2D eigenvalue weighted by Gasteiger charge is -2.69. The number of carbonyl (C=O) groups is 9. The van der Waals surface area contributed by atoms with E-state index in [-0.39, 0.29) is 110 Å². The second-order valence-electron chi connectivity index (χ2n) is 32.8. The van der Waals surface area contributed by atoms with Crippen molar-refractivity contribution in [1.29, 1.82) is 0 Å².